The van der Waals surface area contributed by atoms with Crippen molar-refractivity contribution in [3.05, 3.63) is 67.0 Å². The maximum Gasteiger partial charge on any atom is 0.253 e. The Labute approximate surface area is 112 Å². The van der Waals surface area contributed by atoms with Crippen LogP contribution in [0, 0.1) is 6.92 Å². The summed E-state index contributed by atoms with van der Waals surface area (Å²) in [6.45, 7) is 7.46. The molecule has 2 heterocycles. The van der Waals surface area contributed by atoms with Crippen molar-refractivity contribution >= 4 is 11.0 Å². The normalized spacial score (nSPS) is 11.0. The van der Waals surface area contributed by atoms with Crippen molar-refractivity contribution < 1.29 is 8.98 Å². The number of hydrogen-bond acceptors (Lipinski definition) is 1. The van der Waals surface area contributed by atoms with Crippen LogP contribution in [0.1, 0.15) is 11.6 Å². The molecule has 0 spiro atoms. The van der Waals surface area contributed by atoms with Crippen LogP contribution in [-0.2, 0) is 13.1 Å². The number of aromatic nitrogens is 2. The molecule has 3 heteroatoms. The van der Waals surface area contributed by atoms with Crippen LogP contribution in [0.2, 0.25) is 0 Å². The van der Waals surface area contributed by atoms with Crippen LogP contribution in [0.25, 0.3) is 11.0 Å². The Morgan fingerprint density at radius 2 is 2.21 bits per heavy atom. The highest BCUT2D eigenvalue weighted by molar-refractivity contribution is 5.77. The lowest BCUT2D eigenvalue weighted by atomic mass is 10.2. The molecule has 0 unspecified atom stereocenters. The van der Waals surface area contributed by atoms with Gasteiger partial charge in [-0.3, -0.25) is 0 Å². The zero-order valence-corrected chi connectivity index (χ0v) is 11.0. The van der Waals surface area contributed by atoms with Gasteiger partial charge in [0.05, 0.1) is 0 Å². The van der Waals surface area contributed by atoms with Crippen molar-refractivity contribution in [3.63, 3.8) is 0 Å². The summed E-state index contributed by atoms with van der Waals surface area (Å²) >= 11 is 0. The first kappa shape index (κ1) is 11.8. The van der Waals surface area contributed by atoms with E-state index in [1.165, 1.54) is 5.82 Å². The summed E-state index contributed by atoms with van der Waals surface area (Å²) in [7, 11) is 0. The minimum Gasteiger partial charge on any atom is -0.457 e. The van der Waals surface area contributed by atoms with E-state index in [2.05, 4.69) is 47.2 Å². The number of allylic oxidation sites excluding steroid dienone is 1. The minimum absolute atomic E-state index is 0.755. The highest BCUT2D eigenvalue weighted by Crippen LogP contribution is 2.18. The Morgan fingerprint density at radius 3 is 3.00 bits per heavy atom. The molecular formula is C16H17N2O+. The first-order valence-electron chi connectivity index (χ1n) is 6.41. The van der Waals surface area contributed by atoms with E-state index in [0.717, 1.165) is 29.8 Å². The van der Waals surface area contributed by atoms with Crippen LogP contribution in [0.15, 0.2) is 59.8 Å². The summed E-state index contributed by atoms with van der Waals surface area (Å²) < 4.78 is 10.2. The molecular weight excluding hydrogens is 236 g/mol. The van der Waals surface area contributed by atoms with E-state index < -0.39 is 0 Å². The van der Waals surface area contributed by atoms with Crippen LogP contribution in [0.4, 0.5) is 0 Å². The van der Waals surface area contributed by atoms with Crippen molar-refractivity contribution in [2.24, 2.45) is 0 Å². The third-order valence-corrected chi connectivity index (χ3v) is 3.39. The molecule has 0 aliphatic heterocycles. The van der Waals surface area contributed by atoms with E-state index >= 15 is 0 Å². The maximum atomic E-state index is 5.85. The average Bonchev–Trinajstić information content (AvgIpc) is 2.96. The molecule has 0 aliphatic rings. The summed E-state index contributed by atoms with van der Waals surface area (Å²) in [6, 6.07) is 10.2. The fraction of sp³-hybridized carbons (Fsp3) is 0.188. The topological polar surface area (TPSA) is 21.9 Å². The standard InChI is InChI=1S/C16H17N2O/c1-3-8-17-9-10-18(13(17)2)12-15-11-14-6-4-5-7-16(14)19-15/h3-7,9-11H,1,8,12H2,2H3/q+1. The first-order valence-corrected chi connectivity index (χ1v) is 6.41. The monoisotopic (exact) mass is 253 g/mol. The van der Waals surface area contributed by atoms with Crippen molar-refractivity contribution in [2.45, 2.75) is 20.0 Å². The molecule has 0 amide bonds. The number of para-hydroxylation sites is 1. The highest BCUT2D eigenvalue weighted by atomic mass is 16.3. The first-order chi connectivity index (χ1) is 9.28. The molecule has 3 aromatic rings. The SMILES string of the molecule is C=CCn1cc[n+](Cc2cc3ccccc3o2)c1C. The van der Waals surface area contributed by atoms with Gasteiger partial charge in [0, 0.05) is 12.3 Å². The Morgan fingerprint density at radius 1 is 1.37 bits per heavy atom. The van der Waals surface area contributed by atoms with Crippen molar-refractivity contribution in [2.75, 3.05) is 0 Å². The molecule has 0 bridgehead atoms. The van der Waals surface area contributed by atoms with E-state index in [-0.39, 0.29) is 0 Å². The van der Waals surface area contributed by atoms with Gasteiger partial charge < -0.3 is 4.42 Å². The summed E-state index contributed by atoms with van der Waals surface area (Å²) in [5, 5.41) is 1.15. The number of imidazole rings is 1. The van der Waals surface area contributed by atoms with Crippen LogP contribution >= 0.6 is 0 Å². The average molecular weight is 253 g/mol. The molecule has 0 radical (unpaired) electrons. The predicted octanol–water partition coefficient (Wildman–Crippen LogP) is 3.06. The van der Waals surface area contributed by atoms with E-state index in [4.69, 9.17) is 4.42 Å². The number of hydrogen-bond donors (Lipinski definition) is 0. The second-order valence-electron chi connectivity index (χ2n) is 4.66. The molecule has 96 valence electrons. The Hall–Kier alpha value is -2.29. The quantitative estimate of drug-likeness (QED) is 0.517. The number of rotatable bonds is 4. The number of fused-ring (bicyclic) bond motifs is 1. The Balaban J connectivity index is 1.90. The molecule has 0 fully saturated rings. The lowest BCUT2D eigenvalue weighted by Gasteiger charge is -1.97. The third-order valence-electron chi connectivity index (χ3n) is 3.39. The summed E-state index contributed by atoms with van der Waals surface area (Å²) in [6.07, 6.45) is 6.05. The van der Waals surface area contributed by atoms with E-state index in [0.29, 0.717) is 0 Å². The summed E-state index contributed by atoms with van der Waals surface area (Å²) in [5.41, 5.74) is 0.946. The van der Waals surface area contributed by atoms with Crippen molar-refractivity contribution in [1.29, 1.82) is 0 Å². The summed E-state index contributed by atoms with van der Waals surface area (Å²) in [4.78, 5) is 0. The van der Waals surface area contributed by atoms with E-state index in [1.807, 2.05) is 24.3 Å². The van der Waals surface area contributed by atoms with Gasteiger partial charge in [0.25, 0.3) is 5.82 Å². The molecule has 3 nitrogen and oxygen atoms in total. The van der Waals surface area contributed by atoms with Crippen LogP contribution in [0.5, 0.6) is 0 Å². The second kappa shape index (κ2) is 4.76. The van der Waals surface area contributed by atoms with E-state index in [1.54, 1.807) is 0 Å². The van der Waals surface area contributed by atoms with Gasteiger partial charge in [-0.1, -0.05) is 30.9 Å². The molecule has 2 aromatic heterocycles. The van der Waals surface area contributed by atoms with Crippen LogP contribution < -0.4 is 4.57 Å². The maximum absolute atomic E-state index is 5.85. The Bertz CT molecular complexity index is 688. The molecule has 0 saturated heterocycles. The van der Waals surface area contributed by atoms with Crippen LogP contribution in [0.3, 0.4) is 0 Å². The largest absolute Gasteiger partial charge is 0.457 e. The fourth-order valence-electron chi connectivity index (χ4n) is 2.32. The van der Waals surface area contributed by atoms with Gasteiger partial charge in [0.2, 0.25) is 0 Å². The van der Waals surface area contributed by atoms with Gasteiger partial charge in [0.15, 0.2) is 0 Å². The van der Waals surface area contributed by atoms with Crippen LogP contribution in [-0.4, -0.2) is 4.57 Å². The molecule has 19 heavy (non-hydrogen) atoms. The molecule has 0 N–H and O–H groups in total. The summed E-state index contributed by atoms with van der Waals surface area (Å²) in [5.74, 6) is 2.17. The van der Waals surface area contributed by atoms with Gasteiger partial charge >= 0.3 is 0 Å². The van der Waals surface area contributed by atoms with Crippen molar-refractivity contribution in [1.82, 2.24) is 4.57 Å². The lowest BCUT2D eigenvalue weighted by Crippen LogP contribution is -2.35. The molecule has 0 atom stereocenters. The van der Waals surface area contributed by atoms with Gasteiger partial charge in [-0.2, -0.15) is 0 Å². The van der Waals surface area contributed by atoms with E-state index in [9.17, 15) is 0 Å². The molecule has 0 aliphatic carbocycles. The number of furan rings is 1. The second-order valence-corrected chi connectivity index (χ2v) is 4.66. The number of benzene rings is 1. The van der Waals surface area contributed by atoms with Crippen molar-refractivity contribution in [3.8, 4) is 0 Å². The van der Waals surface area contributed by atoms with Gasteiger partial charge in [-0.25, -0.2) is 9.13 Å². The Kier molecular flexibility index (Phi) is 2.95. The fourth-order valence-corrected chi connectivity index (χ4v) is 2.32. The zero-order valence-electron chi connectivity index (χ0n) is 11.0. The smallest absolute Gasteiger partial charge is 0.253 e. The predicted molar refractivity (Wildman–Crippen MR) is 74.9 cm³/mol. The molecule has 1 aromatic carbocycles. The molecule has 0 saturated carbocycles. The lowest BCUT2D eigenvalue weighted by molar-refractivity contribution is -0.695. The van der Waals surface area contributed by atoms with Gasteiger partial charge in [-0.15, -0.1) is 0 Å². The third kappa shape index (κ3) is 2.19. The zero-order chi connectivity index (χ0) is 13.2. The number of nitrogens with zero attached hydrogens (tertiary/aromatic N) is 2. The van der Waals surface area contributed by atoms with Gasteiger partial charge in [0.1, 0.15) is 36.8 Å². The van der Waals surface area contributed by atoms with Gasteiger partial charge in [-0.05, 0) is 12.1 Å². The minimum atomic E-state index is 0.755. The molecule has 3 rings (SSSR count). The highest BCUT2D eigenvalue weighted by Gasteiger charge is 2.13.